The van der Waals surface area contributed by atoms with Crippen molar-refractivity contribution >= 4 is 11.8 Å². The molecule has 1 atom stereocenters. The Bertz CT molecular complexity index is 810. The second-order valence-corrected chi connectivity index (χ2v) is 8.40. The lowest BCUT2D eigenvalue weighted by Crippen LogP contribution is -2.52. The summed E-state index contributed by atoms with van der Waals surface area (Å²) in [7, 11) is 0. The van der Waals surface area contributed by atoms with E-state index in [4.69, 9.17) is 0 Å². The third-order valence-electron chi connectivity index (χ3n) is 6.02. The number of rotatable bonds is 5. The molecule has 0 bridgehead atoms. The zero-order valence-electron chi connectivity index (χ0n) is 18.1. The van der Waals surface area contributed by atoms with E-state index >= 15 is 0 Å². The molecule has 1 aromatic rings. The minimum absolute atomic E-state index is 0.0430. The van der Waals surface area contributed by atoms with Crippen LogP contribution in [-0.2, 0) is 11.3 Å². The first-order valence-electron chi connectivity index (χ1n) is 10.7. The number of aliphatic hydroxyl groups excluding tert-OH is 1. The largest absolute Gasteiger partial charge is 0.434 e. The van der Waals surface area contributed by atoms with Gasteiger partial charge in [0.05, 0.1) is 12.6 Å². The highest BCUT2D eigenvalue weighted by Crippen LogP contribution is 2.36. The molecule has 6 nitrogen and oxygen atoms in total. The van der Waals surface area contributed by atoms with E-state index in [0.29, 0.717) is 6.54 Å². The predicted octanol–water partition coefficient (Wildman–Crippen LogP) is 3.70. The average molecular weight is 483 g/mol. The Kier molecular flexibility index (Phi) is 7.67. The van der Waals surface area contributed by atoms with Crippen LogP contribution in [0.3, 0.4) is 0 Å². The number of piperazine rings is 1. The lowest BCUT2D eigenvalue weighted by molar-refractivity contribution is -0.308. The topological polar surface area (TPSA) is 56.2 Å². The van der Waals surface area contributed by atoms with Gasteiger partial charge in [-0.25, -0.2) is 4.79 Å². The molecule has 2 aliphatic rings. The van der Waals surface area contributed by atoms with Crippen LogP contribution in [0.15, 0.2) is 18.2 Å². The molecule has 2 fully saturated rings. The first kappa shape index (κ1) is 25.4. The molecule has 0 aliphatic carbocycles. The summed E-state index contributed by atoms with van der Waals surface area (Å²) in [6.07, 6.45) is -15.3. The number of anilines is 1. The second kappa shape index (κ2) is 9.96. The van der Waals surface area contributed by atoms with Crippen LogP contribution in [0.1, 0.15) is 24.0 Å². The number of benzene rings is 1. The smallest absolute Gasteiger partial charge is 0.426 e. The molecule has 3 rings (SSSR count). The van der Waals surface area contributed by atoms with Crippen molar-refractivity contribution in [2.45, 2.75) is 50.8 Å². The monoisotopic (exact) mass is 483 g/mol. The van der Waals surface area contributed by atoms with Crippen LogP contribution in [0.25, 0.3) is 0 Å². The lowest BCUT2D eigenvalue weighted by Gasteiger charge is -2.35. The highest BCUT2D eigenvalue weighted by molar-refractivity contribution is 5.68. The van der Waals surface area contributed by atoms with E-state index in [-0.39, 0.29) is 38.8 Å². The summed E-state index contributed by atoms with van der Waals surface area (Å²) in [5.41, 5.74) is 3.11. The maximum Gasteiger partial charge on any atom is 0.434 e. The Balaban J connectivity index is 1.57. The summed E-state index contributed by atoms with van der Waals surface area (Å²) in [5, 5.41) is 9.62. The summed E-state index contributed by atoms with van der Waals surface area (Å²) in [5.74, 6) is 0. The number of ether oxygens (including phenoxy) is 1. The van der Waals surface area contributed by atoms with Gasteiger partial charge < -0.3 is 19.6 Å². The lowest BCUT2D eigenvalue weighted by atomic mass is 10.1. The van der Waals surface area contributed by atoms with Gasteiger partial charge in [-0.05, 0) is 37.0 Å². The number of hydrogen-bond acceptors (Lipinski definition) is 5. The van der Waals surface area contributed by atoms with E-state index in [1.165, 1.54) is 0 Å². The maximum absolute atomic E-state index is 12.6. The molecule has 2 saturated heterocycles. The highest BCUT2D eigenvalue weighted by Gasteiger charge is 2.60. The number of halogens is 6. The molecular weight excluding hydrogens is 456 g/mol. The molecule has 1 aromatic carbocycles. The number of carbonyl (C=O) groups is 1. The molecule has 33 heavy (non-hydrogen) atoms. The third kappa shape index (κ3) is 6.23. The number of amides is 1. The van der Waals surface area contributed by atoms with Gasteiger partial charge in [-0.3, -0.25) is 4.90 Å². The van der Waals surface area contributed by atoms with Crippen molar-refractivity contribution < 1.29 is 41.0 Å². The average Bonchev–Trinajstić information content (AvgIpc) is 3.20. The molecule has 12 heteroatoms. The summed E-state index contributed by atoms with van der Waals surface area (Å²) in [4.78, 5) is 16.9. The van der Waals surface area contributed by atoms with Gasteiger partial charge in [-0.2, -0.15) is 26.3 Å². The van der Waals surface area contributed by atoms with Crippen LogP contribution in [0, 0.1) is 6.92 Å². The number of aryl methyl sites for hydroxylation is 1. The van der Waals surface area contributed by atoms with Crippen LogP contribution >= 0.6 is 0 Å². The molecule has 1 N–H and O–H groups in total. The molecule has 0 saturated carbocycles. The minimum Gasteiger partial charge on any atom is -0.426 e. The van der Waals surface area contributed by atoms with Crippen molar-refractivity contribution in [3.05, 3.63) is 29.3 Å². The third-order valence-corrected chi connectivity index (χ3v) is 6.02. The van der Waals surface area contributed by atoms with E-state index in [0.717, 1.165) is 41.1 Å². The molecule has 0 radical (unpaired) electrons. The van der Waals surface area contributed by atoms with Crippen molar-refractivity contribution in [3.63, 3.8) is 0 Å². The fraction of sp³-hybridized carbons (Fsp3) is 0.667. The Morgan fingerprint density at radius 3 is 2.30 bits per heavy atom. The van der Waals surface area contributed by atoms with Crippen LogP contribution in [-0.4, -0.2) is 84.8 Å². The first-order chi connectivity index (χ1) is 15.4. The first-order valence-corrected chi connectivity index (χ1v) is 10.7. The molecule has 0 spiro atoms. The maximum atomic E-state index is 12.6. The van der Waals surface area contributed by atoms with E-state index in [1.807, 2.05) is 30.0 Å². The highest BCUT2D eigenvalue weighted by atomic mass is 19.4. The van der Waals surface area contributed by atoms with E-state index in [2.05, 4.69) is 9.64 Å². The zero-order chi connectivity index (χ0) is 24.4. The molecule has 186 valence electrons. The summed E-state index contributed by atoms with van der Waals surface area (Å²) >= 11 is 0. The standard InChI is InChI=1S/C21H27F6N3O3/c1-14-4-5-15(11-17(14)30-6-2-3-16(30)13-31)12-28-7-9-29(10-8-28)19(32)33-18(20(22,23)24)21(25,26)27/h4-5,11,16,18,31H,2-3,6-10,12-13H2,1H3. The molecule has 2 aliphatic heterocycles. The van der Waals surface area contributed by atoms with Gasteiger partial charge >= 0.3 is 18.4 Å². The Hall–Kier alpha value is -2.21. The van der Waals surface area contributed by atoms with Crippen molar-refractivity contribution in [3.8, 4) is 0 Å². The van der Waals surface area contributed by atoms with Gasteiger partial charge in [-0.15, -0.1) is 0 Å². The normalized spacial score (nSPS) is 20.6. The minimum atomic E-state index is -5.73. The van der Waals surface area contributed by atoms with Gasteiger partial charge in [0.2, 0.25) is 0 Å². The summed E-state index contributed by atoms with van der Waals surface area (Å²) < 4.78 is 79.5. The quantitative estimate of drug-likeness (QED) is 0.648. The molecule has 2 heterocycles. The Labute approximate surface area is 187 Å². The van der Waals surface area contributed by atoms with E-state index in [1.54, 1.807) is 0 Å². The Morgan fingerprint density at radius 2 is 1.73 bits per heavy atom. The number of carbonyl (C=O) groups excluding carboxylic acids is 1. The van der Waals surface area contributed by atoms with E-state index < -0.39 is 24.5 Å². The van der Waals surface area contributed by atoms with Gasteiger partial charge in [0, 0.05) is 45.0 Å². The number of aliphatic hydroxyl groups is 1. The number of alkyl halides is 6. The van der Waals surface area contributed by atoms with Gasteiger partial charge in [0.1, 0.15) is 0 Å². The van der Waals surface area contributed by atoms with Crippen LogP contribution < -0.4 is 4.90 Å². The second-order valence-electron chi connectivity index (χ2n) is 8.40. The van der Waals surface area contributed by atoms with Gasteiger partial charge in [-0.1, -0.05) is 12.1 Å². The van der Waals surface area contributed by atoms with Gasteiger partial charge in [0.25, 0.3) is 6.10 Å². The predicted molar refractivity (Wildman–Crippen MR) is 108 cm³/mol. The van der Waals surface area contributed by atoms with E-state index in [9.17, 15) is 36.2 Å². The summed E-state index contributed by atoms with van der Waals surface area (Å²) in [6.45, 7) is 3.91. The van der Waals surface area contributed by atoms with Gasteiger partial charge in [0.15, 0.2) is 0 Å². The van der Waals surface area contributed by atoms with Crippen molar-refractivity contribution in [1.29, 1.82) is 0 Å². The number of nitrogens with zero attached hydrogens (tertiary/aromatic N) is 3. The molecule has 0 aromatic heterocycles. The zero-order valence-corrected chi connectivity index (χ0v) is 18.1. The van der Waals surface area contributed by atoms with Crippen molar-refractivity contribution in [2.75, 3.05) is 44.2 Å². The molecule has 1 amide bonds. The van der Waals surface area contributed by atoms with Crippen LogP contribution in [0.2, 0.25) is 0 Å². The molecular formula is C21H27F6N3O3. The fourth-order valence-electron chi connectivity index (χ4n) is 4.25. The number of hydrogen-bond donors (Lipinski definition) is 1. The van der Waals surface area contributed by atoms with Crippen molar-refractivity contribution in [1.82, 2.24) is 9.80 Å². The fourth-order valence-corrected chi connectivity index (χ4v) is 4.25. The van der Waals surface area contributed by atoms with Crippen LogP contribution in [0.4, 0.5) is 36.8 Å². The van der Waals surface area contributed by atoms with Crippen molar-refractivity contribution in [2.24, 2.45) is 0 Å². The Morgan fingerprint density at radius 1 is 1.09 bits per heavy atom. The SMILES string of the molecule is Cc1ccc(CN2CCN(C(=O)OC(C(F)(F)F)C(F)(F)F)CC2)cc1N1CCCC1CO. The molecule has 1 unspecified atom stereocenters. The van der Waals surface area contributed by atoms with Crippen LogP contribution in [0.5, 0.6) is 0 Å². The summed E-state index contributed by atoms with van der Waals surface area (Å²) in [6, 6.07) is 6.06.